The highest BCUT2D eigenvalue weighted by Gasteiger charge is 2.18. The van der Waals surface area contributed by atoms with E-state index in [0.717, 1.165) is 13.0 Å². The summed E-state index contributed by atoms with van der Waals surface area (Å²) in [7, 11) is 0. The molecule has 2 heteroatoms. The van der Waals surface area contributed by atoms with Gasteiger partial charge in [-0.05, 0) is 42.5 Å². The average molecular weight is 298 g/mol. The zero-order valence-corrected chi connectivity index (χ0v) is 13.0. The quantitative estimate of drug-likeness (QED) is 0.849. The summed E-state index contributed by atoms with van der Waals surface area (Å²) >= 11 is 3.53. The van der Waals surface area contributed by atoms with Gasteiger partial charge in [-0.25, -0.2) is 0 Å². The fourth-order valence-corrected chi connectivity index (χ4v) is 2.64. The van der Waals surface area contributed by atoms with Crippen molar-refractivity contribution in [3.05, 3.63) is 34.3 Å². The van der Waals surface area contributed by atoms with Gasteiger partial charge in [0.25, 0.3) is 0 Å². The molecule has 0 fully saturated rings. The van der Waals surface area contributed by atoms with E-state index in [9.17, 15) is 0 Å². The van der Waals surface area contributed by atoms with Gasteiger partial charge in [0.15, 0.2) is 0 Å². The lowest BCUT2D eigenvalue weighted by molar-refractivity contribution is 0.309. The number of rotatable bonds is 5. The summed E-state index contributed by atoms with van der Waals surface area (Å²) in [6, 6.07) is 9.18. The standard InChI is InChI=1S/C15H24BrN/c1-5-17-14(11-15(2,3)4)10-12-7-6-8-13(16)9-12/h6-9,14,17H,5,10-11H2,1-4H3. The molecule has 0 saturated heterocycles. The predicted molar refractivity (Wildman–Crippen MR) is 79.4 cm³/mol. The summed E-state index contributed by atoms with van der Waals surface area (Å²) in [5.74, 6) is 0. The highest BCUT2D eigenvalue weighted by Crippen LogP contribution is 2.23. The van der Waals surface area contributed by atoms with Gasteiger partial charge in [0, 0.05) is 10.5 Å². The number of hydrogen-bond acceptors (Lipinski definition) is 1. The van der Waals surface area contributed by atoms with Crippen LogP contribution in [0.15, 0.2) is 28.7 Å². The first kappa shape index (κ1) is 14.7. The smallest absolute Gasteiger partial charge is 0.0178 e. The van der Waals surface area contributed by atoms with Crippen LogP contribution >= 0.6 is 15.9 Å². The maximum absolute atomic E-state index is 3.59. The van der Waals surface area contributed by atoms with E-state index in [1.54, 1.807) is 0 Å². The van der Waals surface area contributed by atoms with E-state index in [0.29, 0.717) is 11.5 Å². The SMILES string of the molecule is CCNC(Cc1cccc(Br)c1)CC(C)(C)C. The maximum atomic E-state index is 3.59. The molecule has 0 aromatic heterocycles. The van der Waals surface area contributed by atoms with Gasteiger partial charge in [0.1, 0.15) is 0 Å². The van der Waals surface area contributed by atoms with E-state index in [1.807, 2.05) is 0 Å². The van der Waals surface area contributed by atoms with Crippen LogP contribution in [0.3, 0.4) is 0 Å². The van der Waals surface area contributed by atoms with Crippen molar-refractivity contribution in [2.75, 3.05) is 6.54 Å². The summed E-state index contributed by atoms with van der Waals surface area (Å²) in [6.45, 7) is 10.1. The Morgan fingerprint density at radius 2 is 2.00 bits per heavy atom. The Morgan fingerprint density at radius 3 is 2.53 bits per heavy atom. The van der Waals surface area contributed by atoms with Crippen LogP contribution in [0.1, 0.15) is 39.7 Å². The minimum Gasteiger partial charge on any atom is -0.314 e. The topological polar surface area (TPSA) is 12.0 Å². The van der Waals surface area contributed by atoms with Gasteiger partial charge in [-0.15, -0.1) is 0 Å². The second kappa shape index (κ2) is 6.55. The number of likely N-dealkylation sites (N-methyl/N-ethyl adjacent to an activating group) is 1. The molecule has 0 aliphatic rings. The Morgan fingerprint density at radius 1 is 1.29 bits per heavy atom. The van der Waals surface area contributed by atoms with E-state index in [-0.39, 0.29) is 0 Å². The van der Waals surface area contributed by atoms with Gasteiger partial charge in [-0.1, -0.05) is 55.8 Å². The van der Waals surface area contributed by atoms with Crippen LogP contribution in [0.4, 0.5) is 0 Å². The molecule has 1 nitrogen and oxygen atoms in total. The molecule has 0 spiro atoms. The molecule has 1 unspecified atom stereocenters. The van der Waals surface area contributed by atoms with Gasteiger partial charge in [-0.3, -0.25) is 0 Å². The van der Waals surface area contributed by atoms with E-state index in [2.05, 4.69) is 73.2 Å². The number of nitrogens with one attached hydrogen (secondary N) is 1. The van der Waals surface area contributed by atoms with E-state index >= 15 is 0 Å². The van der Waals surface area contributed by atoms with E-state index < -0.39 is 0 Å². The third-order valence-electron chi connectivity index (χ3n) is 2.72. The van der Waals surface area contributed by atoms with Gasteiger partial charge in [0.2, 0.25) is 0 Å². The summed E-state index contributed by atoms with van der Waals surface area (Å²) in [6.07, 6.45) is 2.30. The van der Waals surface area contributed by atoms with Gasteiger partial charge < -0.3 is 5.32 Å². The Bertz CT molecular complexity index is 341. The van der Waals surface area contributed by atoms with Crippen molar-refractivity contribution >= 4 is 15.9 Å². The predicted octanol–water partition coefficient (Wildman–Crippen LogP) is 4.41. The molecule has 1 aromatic carbocycles. The molecule has 0 aliphatic heterocycles. The van der Waals surface area contributed by atoms with Crippen molar-refractivity contribution < 1.29 is 0 Å². The maximum Gasteiger partial charge on any atom is 0.0178 e. The molecule has 1 rings (SSSR count). The Hall–Kier alpha value is -0.340. The summed E-state index contributed by atoms with van der Waals surface area (Å²) < 4.78 is 1.17. The summed E-state index contributed by atoms with van der Waals surface area (Å²) in [4.78, 5) is 0. The molecule has 0 saturated carbocycles. The van der Waals surface area contributed by atoms with Crippen molar-refractivity contribution in [2.24, 2.45) is 5.41 Å². The lowest BCUT2D eigenvalue weighted by Gasteiger charge is -2.26. The normalized spacial score (nSPS) is 13.7. The van der Waals surface area contributed by atoms with E-state index in [1.165, 1.54) is 16.5 Å². The Balaban J connectivity index is 2.66. The summed E-state index contributed by atoms with van der Waals surface area (Å²) in [5, 5.41) is 3.59. The second-order valence-corrected chi connectivity index (χ2v) is 6.77. The molecule has 1 N–H and O–H groups in total. The molecule has 0 radical (unpaired) electrons. The molecule has 1 aromatic rings. The monoisotopic (exact) mass is 297 g/mol. The van der Waals surface area contributed by atoms with Gasteiger partial charge in [0.05, 0.1) is 0 Å². The molecule has 0 aliphatic carbocycles. The summed E-state index contributed by atoms with van der Waals surface area (Å²) in [5.41, 5.74) is 1.77. The molecule has 0 bridgehead atoms. The second-order valence-electron chi connectivity index (χ2n) is 5.85. The Kier molecular flexibility index (Phi) is 5.68. The van der Waals surface area contributed by atoms with Crippen LogP contribution in [0.5, 0.6) is 0 Å². The zero-order valence-electron chi connectivity index (χ0n) is 11.4. The average Bonchev–Trinajstić information content (AvgIpc) is 2.15. The molecule has 96 valence electrons. The third-order valence-corrected chi connectivity index (χ3v) is 3.22. The lowest BCUT2D eigenvalue weighted by atomic mass is 9.86. The zero-order chi connectivity index (χ0) is 12.9. The van der Waals surface area contributed by atoms with Crippen molar-refractivity contribution in [1.29, 1.82) is 0 Å². The first-order valence-corrected chi connectivity index (χ1v) is 7.18. The van der Waals surface area contributed by atoms with Crippen LogP contribution in [0.2, 0.25) is 0 Å². The minimum atomic E-state index is 0.374. The molecule has 0 heterocycles. The van der Waals surface area contributed by atoms with Gasteiger partial charge in [-0.2, -0.15) is 0 Å². The fourth-order valence-electron chi connectivity index (χ4n) is 2.19. The first-order chi connectivity index (χ1) is 7.90. The molecule has 0 amide bonds. The van der Waals surface area contributed by atoms with Gasteiger partial charge >= 0.3 is 0 Å². The van der Waals surface area contributed by atoms with Crippen LogP contribution in [0, 0.1) is 5.41 Å². The van der Waals surface area contributed by atoms with E-state index in [4.69, 9.17) is 0 Å². The lowest BCUT2D eigenvalue weighted by Crippen LogP contribution is -2.34. The van der Waals surface area contributed by atoms with Crippen molar-refractivity contribution in [2.45, 2.75) is 46.6 Å². The van der Waals surface area contributed by atoms with Crippen molar-refractivity contribution in [3.63, 3.8) is 0 Å². The first-order valence-electron chi connectivity index (χ1n) is 6.38. The third kappa shape index (κ3) is 6.23. The molecular weight excluding hydrogens is 274 g/mol. The highest BCUT2D eigenvalue weighted by molar-refractivity contribution is 9.10. The molecule has 1 atom stereocenters. The van der Waals surface area contributed by atoms with Crippen LogP contribution in [-0.2, 0) is 6.42 Å². The van der Waals surface area contributed by atoms with Crippen molar-refractivity contribution in [1.82, 2.24) is 5.32 Å². The number of halogens is 1. The largest absolute Gasteiger partial charge is 0.314 e. The van der Waals surface area contributed by atoms with Crippen molar-refractivity contribution in [3.8, 4) is 0 Å². The highest BCUT2D eigenvalue weighted by atomic mass is 79.9. The fraction of sp³-hybridized carbons (Fsp3) is 0.600. The molecule has 17 heavy (non-hydrogen) atoms. The van der Waals surface area contributed by atoms with Crippen LogP contribution in [-0.4, -0.2) is 12.6 Å². The van der Waals surface area contributed by atoms with Crippen LogP contribution in [0.25, 0.3) is 0 Å². The van der Waals surface area contributed by atoms with Crippen LogP contribution < -0.4 is 5.32 Å². The molecular formula is C15H24BrN. The number of hydrogen-bond donors (Lipinski definition) is 1. The number of benzene rings is 1. The minimum absolute atomic E-state index is 0.374. The Labute approximate surface area is 114 Å².